The van der Waals surface area contributed by atoms with Crippen molar-refractivity contribution in [2.45, 2.75) is 83.3 Å². The summed E-state index contributed by atoms with van der Waals surface area (Å²) in [5, 5.41) is 5.85. The van der Waals surface area contributed by atoms with E-state index in [2.05, 4.69) is 10.6 Å². The molecule has 10 nitrogen and oxygen atoms in total. The number of cyclic esters (lactones) is 2. The van der Waals surface area contributed by atoms with E-state index in [1.54, 1.807) is 31.2 Å². The summed E-state index contributed by atoms with van der Waals surface area (Å²) in [7, 11) is 1.50. The Balaban J connectivity index is 1.58. The molecule has 0 bridgehead atoms. The van der Waals surface area contributed by atoms with E-state index in [-0.39, 0.29) is 49.9 Å². The van der Waals surface area contributed by atoms with Gasteiger partial charge in [0.1, 0.15) is 24.0 Å². The minimum absolute atomic E-state index is 0.0229. The third kappa shape index (κ3) is 10.2. The number of ether oxygens (including phenoxy) is 4. The van der Waals surface area contributed by atoms with Crippen molar-refractivity contribution in [3.8, 4) is 5.75 Å². The standard InChI is InChI=1S/C36H44Cl2N2O8/c1-20(2)15-30-36(44)46-28(22(4)32-33(48-32)25-12-9-23(18-37)10-13-25)7-6-8-31(41)40-27(34(42)39-19-21(3)35(43)47-30)17-24-11-14-29(45-5)26(38)16-24/h6,8-14,16,20-22,27-28,30,32-33H,7,15,17-19H2,1-5H3,(H,39,42)(H,40,41)/b8-6-/t21-,22+,27-,28+,30+,32-,33?/m1/s1. The van der Waals surface area contributed by atoms with Gasteiger partial charge < -0.3 is 29.6 Å². The van der Waals surface area contributed by atoms with E-state index in [1.165, 1.54) is 13.2 Å². The fourth-order valence-electron chi connectivity index (χ4n) is 5.54. The molecule has 1 fully saturated rings. The fraction of sp³-hybridized carbons (Fsp3) is 0.500. The van der Waals surface area contributed by atoms with Gasteiger partial charge in [-0.15, -0.1) is 11.6 Å². The molecule has 2 aromatic carbocycles. The van der Waals surface area contributed by atoms with Crippen molar-refractivity contribution in [2.75, 3.05) is 13.7 Å². The first-order valence-corrected chi connectivity index (χ1v) is 17.1. The van der Waals surface area contributed by atoms with E-state index in [0.29, 0.717) is 22.2 Å². The highest BCUT2D eigenvalue weighted by molar-refractivity contribution is 6.32. The first kappa shape index (κ1) is 37.2. The number of carbonyl (C=O) groups excluding carboxylic acids is 4. The molecule has 1 saturated heterocycles. The second kappa shape index (κ2) is 17.2. The van der Waals surface area contributed by atoms with Gasteiger partial charge in [-0.2, -0.15) is 0 Å². The molecule has 7 atom stereocenters. The summed E-state index contributed by atoms with van der Waals surface area (Å²) in [6.07, 6.45) is 1.23. The summed E-state index contributed by atoms with van der Waals surface area (Å²) in [4.78, 5) is 53.1. The molecule has 0 aromatic heterocycles. The van der Waals surface area contributed by atoms with Crippen LogP contribution in [0.3, 0.4) is 0 Å². The van der Waals surface area contributed by atoms with Gasteiger partial charge in [-0.1, -0.05) is 75.7 Å². The van der Waals surface area contributed by atoms with Crippen LogP contribution in [-0.2, 0) is 45.7 Å². The topological polar surface area (TPSA) is 133 Å². The van der Waals surface area contributed by atoms with Gasteiger partial charge in [-0.05, 0) is 47.2 Å². The molecule has 2 aliphatic heterocycles. The molecule has 2 aliphatic rings. The Bertz CT molecular complexity index is 1480. The number of hydrogen-bond acceptors (Lipinski definition) is 8. The lowest BCUT2D eigenvalue weighted by Gasteiger charge is -2.27. The molecular weight excluding hydrogens is 659 g/mol. The summed E-state index contributed by atoms with van der Waals surface area (Å²) in [5.41, 5.74) is 2.67. The highest BCUT2D eigenvalue weighted by atomic mass is 35.5. The Labute approximate surface area is 291 Å². The molecule has 2 N–H and O–H groups in total. The molecule has 260 valence electrons. The minimum atomic E-state index is -1.14. The molecule has 4 rings (SSSR count). The van der Waals surface area contributed by atoms with E-state index >= 15 is 0 Å². The largest absolute Gasteiger partial charge is 0.495 e. The third-order valence-electron chi connectivity index (χ3n) is 8.48. The number of alkyl halides is 1. The van der Waals surface area contributed by atoms with E-state index < -0.39 is 47.9 Å². The van der Waals surface area contributed by atoms with Crippen LogP contribution >= 0.6 is 23.2 Å². The van der Waals surface area contributed by atoms with Crippen molar-refractivity contribution in [2.24, 2.45) is 17.8 Å². The molecule has 0 radical (unpaired) electrons. The van der Waals surface area contributed by atoms with Crippen LogP contribution in [0.4, 0.5) is 0 Å². The summed E-state index contributed by atoms with van der Waals surface area (Å²) in [6, 6.07) is 12.0. The van der Waals surface area contributed by atoms with Gasteiger partial charge in [0.05, 0.1) is 24.2 Å². The van der Waals surface area contributed by atoms with Gasteiger partial charge in [0.15, 0.2) is 6.10 Å². The van der Waals surface area contributed by atoms with Crippen molar-refractivity contribution in [1.82, 2.24) is 10.6 Å². The quantitative estimate of drug-likeness (QED) is 0.200. The minimum Gasteiger partial charge on any atom is -0.495 e. The molecule has 0 saturated carbocycles. The normalized spacial score (nSPS) is 26.9. The Kier molecular flexibility index (Phi) is 13.3. The smallest absolute Gasteiger partial charge is 0.347 e. The average molecular weight is 704 g/mol. The van der Waals surface area contributed by atoms with Gasteiger partial charge in [0.2, 0.25) is 11.8 Å². The second-order valence-electron chi connectivity index (χ2n) is 12.8. The van der Waals surface area contributed by atoms with Crippen molar-refractivity contribution in [3.63, 3.8) is 0 Å². The summed E-state index contributed by atoms with van der Waals surface area (Å²) < 4.78 is 23.0. The SMILES string of the molecule is COc1ccc(C[C@H]2NC(=O)/C=C\C[C@@H]([C@H](C)[C@H]3OC3c3ccc(CCl)cc3)OC(=O)[C@H](CC(C)C)OC(=O)[C@H](C)CNC2=O)cc1Cl. The molecule has 0 spiro atoms. The average Bonchev–Trinajstić information content (AvgIpc) is 3.86. The maximum absolute atomic E-state index is 13.5. The van der Waals surface area contributed by atoms with Gasteiger partial charge in [-0.3, -0.25) is 14.4 Å². The van der Waals surface area contributed by atoms with Crippen LogP contribution in [0.5, 0.6) is 5.75 Å². The molecule has 0 aliphatic carbocycles. The van der Waals surface area contributed by atoms with Gasteiger partial charge in [-0.25, -0.2) is 4.79 Å². The van der Waals surface area contributed by atoms with Crippen molar-refractivity contribution >= 4 is 47.0 Å². The highest BCUT2D eigenvalue weighted by Crippen LogP contribution is 2.45. The predicted molar refractivity (Wildman–Crippen MR) is 182 cm³/mol. The predicted octanol–water partition coefficient (Wildman–Crippen LogP) is 5.47. The van der Waals surface area contributed by atoms with Crippen LogP contribution < -0.4 is 15.4 Å². The molecule has 2 heterocycles. The molecular formula is C36H44Cl2N2O8. The number of nitrogens with one attached hydrogen (secondary N) is 2. The highest BCUT2D eigenvalue weighted by Gasteiger charge is 2.47. The number of esters is 2. The number of methoxy groups -OCH3 is 1. The molecule has 2 aromatic rings. The fourth-order valence-corrected chi connectivity index (χ4v) is 6.00. The van der Waals surface area contributed by atoms with E-state index in [0.717, 1.165) is 11.1 Å². The summed E-state index contributed by atoms with van der Waals surface area (Å²) in [6.45, 7) is 7.28. The molecule has 1 unspecified atom stereocenters. The number of rotatable bonds is 9. The monoisotopic (exact) mass is 702 g/mol. The first-order valence-electron chi connectivity index (χ1n) is 16.2. The van der Waals surface area contributed by atoms with E-state index in [1.807, 2.05) is 45.0 Å². The Hall–Kier alpha value is -3.60. The van der Waals surface area contributed by atoms with Crippen LogP contribution in [0.1, 0.15) is 63.3 Å². The Morgan fingerprint density at radius 1 is 0.979 bits per heavy atom. The van der Waals surface area contributed by atoms with Crippen molar-refractivity contribution in [1.29, 1.82) is 0 Å². The summed E-state index contributed by atoms with van der Waals surface area (Å²) >= 11 is 12.2. The third-order valence-corrected chi connectivity index (χ3v) is 9.08. The van der Waals surface area contributed by atoms with Crippen LogP contribution in [-0.4, -0.2) is 61.8 Å². The lowest BCUT2D eigenvalue weighted by molar-refractivity contribution is -0.176. The van der Waals surface area contributed by atoms with Crippen LogP contribution in [0.15, 0.2) is 54.6 Å². The number of halogens is 2. The van der Waals surface area contributed by atoms with Gasteiger partial charge in [0.25, 0.3) is 0 Å². The summed E-state index contributed by atoms with van der Waals surface area (Å²) in [5.74, 6) is -2.46. The zero-order chi connectivity index (χ0) is 35.0. The second-order valence-corrected chi connectivity index (χ2v) is 13.5. The van der Waals surface area contributed by atoms with Gasteiger partial charge in [0, 0.05) is 31.2 Å². The number of hydrogen-bond donors (Lipinski definition) is 2. The number of carbonyl (C=O) groups is 4. The molecule has 12 heteroatoms. The van der Waals surface area contributed by atoms with E-state index in [4.69, 9.17) is 42.1 Å². The maximum atomic E-state index is 13.5. The maximum Gasteiger partial charge on any atom is 0.347 e. The molecule has 2 amide bonds. The van der Waals surface area contributed by atoms with Crippen molar-refractivity contribution in [3.05, 3.63) is 76.3 Å². The molecule has 48 heavy (non-hydrogen) atoms. The Morgan fingerprint density at radius 3 is 2.33 bits per heavy atom. The number of amides is 2. The van der Waals surface area contributed by atoms with Crippen molar-refractivity contribution < 1.29 is 38.1 Å². The zero-order valence-corrected chi connectivity index (χ0v) is 29.4. The van der Waals surface area contributed by atoms with E-state index in [9.17, 15) is 19.2 Å². The number of benzene rings is 2. The Morgan fingerprint density at radius 2 is 1.69 bits per heavy atom. The first-order chi connectivity index (χ1) is 22.9. The lowest BCUT2D eigenvalue weighted by Crippen LogP contribution is -2.49. The van der Waals surface area contributed by atoms with Crippen LogP contribution in [0.2, 0.25) is 5.02 Å². The van der Waals surface area contributed by atoms with Gasteiger partial charge >= 0.3 is 11.9 Å². The van der Waals surface area contributed by atoms with Crippen LogP contribution in [0.25, 0.3) is 0 Å². The number of epoxide rings is 1. The van der Waals surface area contributed by atoms with Crippen LogP contribution in [0, 0.1) is 17.8 Å². The zero-order valence-electron chi connectivity index (χ0n) is 27.9. The lowest BCUT2D eigenvalue weighted by atomic mass is 9.93.